The summed E-state index contributed by atoms with van der Waals surface area (Å²) in [6.45, 7) is 0.667. The van der Waals surface area contributed by atoms with Crippen LogP contribution in [-0.4, -0.2) is 22.6 Å². The summed E-state index contributed by atoms with van der Waals surface area (Å²) >= 11 is 0. The first kappa shape index (κ1) is 10.8. The summed E-state index contributed by atoms with van der Waals surface area (Å²) in [5.41, 5.74) is 3.03. The van der Waals surface area contributed by atoms with Gasteiger partial charge in [0.2, 0.25) is 5.91 Å². The fourth-order valence-electron chi connectivity index (χ4n) is 2.19. The number of hydrogen-bond acceptors (Lipinski definition) is 3. The fourth-order valence-corrected chi connectivity index (χ4v) is 2.19. The molecule has 5 nitrogen and oxygen atoms in total. The van der Waals surface area contributed by atoms with Crippen molar-refractivity contribution in [3.63, 3.8) is 0 Å². The van der Waals surface area contributed by atoms with Crippen LogP contribution >= 0.6 is 0 Å². The van der Waals surface area contributed by atoms with Gasteiger partial charge < -0.3 is 10.6 Å². The third-order valence-electron chi connectivity index (χ3n) is 3.16. The molecular formula is C13H14N4O. The van der Waals surface area contributed by atoms with Gasteiger partial charge >= 0.3 is 0 Å². The summed E-state index contributed by atoms with van der Waals surface area (Å²) in [6.07, 6.45) is 4.04. The summed E-state index contributed by atoms with van der Waals surface area (Å²) < 4.78 is 0. The highest BCUT2D eigenvalue weighted by Gasteiger charge is 2.24. The third kappa shape index (κ3) is 2.07. The molecule has 1 aromatic heterocycles. The number of amides is 1. The van der Waals surface area contributed by atoms with Crippen LogP contribution in [0.3, 0.4) is 0 Å². The molecule has 3 N–H and O–H groups in total. The van der Waals surface area contributed by atoms with E-state index in [1.165, 1.54) is 5.56 Å². The van der Waals surface area contributed by atoms with E-state index in [4.69, 9.17) is 0 Å². The SMILES string of the molecule is O=C(Nc1cn[nH]c1)C1CNc2ccccc2C1. The molecule has 1 aromatic carbocycles. The highest BCUT2D eigenvalue weighted by Crippen LogP contribution is 2.24. The van der Waals surface area contributed by atoms with E-state index in [2.05, 4.69) is 26.9 Å². The molecule has 0 spiro atoms. The molecule has 5 heteroatoms. The average molecular weight is 242 g/mol. The number of H-pyrrole nitrogens is 1. The van der Waals surface area contributed by atoms with Gasteiger partial charge in [-0.15, -0.1) is 0 Å². The summed E-state index contributed by atoms with van der Waals surface area (Å²) in [4.78, 5) is 12.1. The van der Waals surface area contributed by atoms with Crippen molar-refractivity contribution in [2.45, 2.75) is 6.42 Å². The first-order valence-electron chi connectivity index (χ1n) is 5.94. The van der Waals surface area contributed by atoms with Crippen LogP contribution in [0.4, 0.5) is 11.4 Å². The molecule has 0 bridgehead atoms. The molecular weight excluding hydrogens is 228 g/mol. The lowest BCUT2D eigenvalue weighted by atomic mass is 9.93. The van der Waals surface area contributed by atoms with Gasteiger partial charge in [0.05, 0.1) is 17.8 Å². The Hall–Kier alpha value is -2.30. The van der Waals surface area contributed by atoms with Crippen LogP contribution in [0.2, 0.25) is 0 Å². The Morgan fingerprint density at radius 2 is 2.28 bits per heavy atom. The Morgan fingerprint density at radius 3 is 3.11 bits per heavy atom. The van der Waals surface area contributed by atoms with Crippen molar-refractivity contribution >= 4 is 17.3 Å². The number of benzene rings is 1. The molecule has 0 aliphatic carbocycles. The number of carbonyl (C=O) groups excluding carboxylic acids is 1. The van der Waals surface area contributed by atoms with E-state index in [1.54, 1.807) is 12.4 Å². The summed E-state index contributed by atoms with van der Waals surface area (Å²) in [6, 6.07) is 8.09. The van der Waals surface area contributed by atoms with E-state index in [1.807, 2.05) is 18.2 Å². The standard InChI is InChI=1S/C13H14N4O/c18-13(17-11-7-15-16-8-11)10-5-9-3-1-2-4-12(9)14-6-10/h1-4,7-8,10,14H,5-6H2,(H,15,16)(H,17,18). The van der Waals surface area contributed by atoms with Crippen molar-refractivity contribution in [1.29, 1.82) is 0 Å². The molecule has 0 saturated heterocycles. The number of nitrogens with one attached hydrogen (secondary N) is 3. The molecule has 92 valence electrons. The first-order chi connectivity index (χ1) is 8.83. The topological polar surface area (TPSA) is 69.8 Å². The van der Waals surface area contributed by atoms with Gasteiger partial charge in [0.1, 0.15) is 0 Å². The molecule has 0 fully saturated rings. The second-order valence-corrected chi connectivity index (χ2v) is 4.42. The van der Waals surface area contributed by atoms with Crippen molar-refractivity contribution < 1.29 is 4.79 Å². The maximum absolute atomic E-state index is 12.1. The highest BCUT2D eigenvalue weighted by atomic mass is 16.1. The van der Waals surface area contributed by atoms with E-state index < -0.39 is 0 Å². The number of aromatic amines is 1. The normalized spacial score (nSPS) is 17.7. The van der Waals surface area contributed by atoms with Gasteiger partial charge in [-0.05, 0) is 18.1 Å². The number of rotatable bonds is 2. The van der Waals surface area contributed by atoms with Gasteiger partial charge in [-0.2, -0.15) is 5.10 Å². The number of carbonyl (C=O) groups is 1. The zero-order valence-electron chi connectivity index (χ0n) is 9.81. The van der Waals surface area contributed by atoms with Crippen LogP contribution in [0.5, 0.6) is 0 Å². The monoisotopic (exact) mass is 242 g/mol. The van der Waals surface area contributed by atoms with Crippen LogP contribution in [0.15, 0.2) is 36.7 Å². The zero-order valence-corrected chi connectivity index (χ0v) is 9.81. The van der Waals surface area contributed by atoms with Crippen molar-refractivity contribution in [2.75, 3.05) is 17.2 Å². The molecule has 1 atom stereocenters. The van der Waals surface area contributed by atoms with Crippen LogP contribution in [0, 0.1) is 5.92 Å². The maximum atomic E-state index is 12.1. The molecule has 2 heterocycles. The predicted octanol–water partition coefficient (Wildman–Crippen LogP) is 1.63. The van der Waals surface area contributed by atoms with E-state index >= 15 is 0 Å². The summed E-state index contributed by atoms with van der Waals surface area (Å²) in [5.74, 6) is -0.0202. The molecule has 0 saturated carbocycles. The number of nitrogens with zero attached hydrogens (tertiary/aromatic N) is 1. The molecule has 0 radical (unpaired) electrons. The van der Waals surface area contributed by atoms with Crippen LogP contribution < -0.4 is 10.6 Å². The average Bonchev–Trinajstić information content (AvgIpc) is 2.91. The minimum atomic E-state index is -0.0465. The Kier molecular flexibility index (Phi) is 2.72. The van der Waals surface area contributed by atoms with Gasteiger partial charge in [-0.25, -0.2) is 0 Å². The Balaban J connectivity index is 1.70. The minimum absolute atomic E-state index is 0.0263. The Labute approximate surface area is 105 Å². The lowest BCUT2D eigenvalue weighted by Gasteiger charge is -2.25. The summed E-state index contributed by atoms with van der Waals surface area (Å²) in [5, 5.41) is 12.6. The number of aromatic nitrogens is 2. The quantitative estimate of drug-likeness (QED) is 0.749. The van der Waals surface area contributed by atoms with Crippen molar-refractivity contribution in [3.8, 4) is 0 Å². The van der Waals surface area contributed by atoms with Gasteiger partial charge in [-0.1, -0.05) is 18.2 Å². The lowest BCUT2D eigenvalue weighted by molar-refractivity contribution is -0.119. The van der Waals surface area contributed by atoms with Crippen molar-refractivity contribution in [1.82, 2.24) is 10.2 Å². The third-order valence-corrected chi connectivity index (χ3v) is 3.16. The minimum Gasteiger partial charge on any atom is -0.384 e. The molecule has 1 amide bonds. The maximum Gasteiger partial charge on any atom is 0.229 e. The number of anilines is 2. The van der Waals surface area contributed by atoms with E-state index in [0.29, 0.717) is 12.2 Å². The van der Waals surface area contributed by atoms with Crippen LogP contribution in [-0.2, 0) is 11.2 Å². The van der Waals surface area contributed by atoms with E-state index in [0.717, 1.165) is 12.1 Å². The Bertz CT molecular complexity index is 550. The fraction of sp³-hybridized carbons (Fsp3) is 0.231. The second kappa shape index (κ2) is 4.52. The van der Waals surface area contributed by atoms with Gasteiger partial charge in [0.15, 0.2) is 0 Å². The van der Waals surface area contributed by atoms with E-state index in [9.17, 15) is 4.79 Å². The van der Waals surface area contributed by atoms with Gasteiger partial charge in [0, 0.05) is 18.4 Å². The number of hydrogen-bond donors (Lipinski definition) is 3. The van der Waals surface area contributed by atoms with Crippen LogP contribution in [0.25, 0.3) is 0 Å². The summed E-state index contributed by atoms with van der Waals surface area (Å²) in [7, 11) is 0. The molecule has 2 aromatic rings. The number of fused-ring (bicyclic) bond motifs is 1. The van der Waals surface area contributed by atoms with Crippen LogP contribution in [0.1, 0.15) is 5.56 Å². The largest absolute Gasteiger partial charge is 0.384 e. The van der Waals surface area contributed by atoms with Gasteiger partial charge in [-0.3, -0.25) is 9.89 Å². The predicted molar refractivity (Wildman–Crippen MR) is 69.3 cm³/mol. The molecule has 1 aliphatic heterocycles. The number of para-hydroxylation sites is 1. The zero-order chi connectivity index (χ0) is 12.4. The lowest BCUT2D eigenvalue weighted by Crippen LogP contribution is -2.33. The molecule has 1 unspecified atom stereocenters. The second-order valence-electron chi connectivity index (χ2n) is 4.42. The van der Waals surface area contributed by atoms with Crippen molar-refractivity contribution in [2.24, 2.45) is 5.92 Å². The van der Waals surface area contributed by atoms with Crippen molar-refractivity contribution in [3.05, 3.63) is 42.2 Å². The molecule has 1 aliphatic rings. The van der Waals surface area contributed by atoms with E-state index in [-0.39, 0.29) is 11.8 Å². The smallest absolute Gasteiger partial charge is 0.229 e. The Morgan fingerprint density at radius 1 is 1.39 bits per heavy atom. The molecule has 3 rings (SSSR count). The highest BCUT2D eigenvalue weighted by molar-refractivity contribution is 5.93. The van der Waals surface area contributed by atoms with Gasteiger partial charge in [0.25, 0.3) is 0 Å². The first-order valence-corrected chi connectivity index (χ1v) is 5.94. The molecule has 18 heavy (non-hydrogen) atoms.